The van der Waals surface area contributed by atoms with Gasteiger partial charge in [0.05, 0.1) is 0 Å². The molecule has 0 atom stereocenters. The Morgan fingerprint density at radius 3 is 1.92 bits per heavy atom. The highest BCUT2D eigenvalue weighted by atomic mass is 32.1. The van der Waals surface area contributed by atoms with Gasteiger partial charge in [0.25, 0.3) is 0 Å². The molecule has 10 rings (SSSR count). The van der Waals surface area contributed by atoms with Crippen LogP contribution in [0.15, 0.2) is 164 Å². The van der Waals surface area contributed by atoms with E-state index in [9.17, 15) is 0 Å². The van der Waals surface area contributed by atoms with E-state index >= 15 is 0 Å². The number of benzene rings is 8. The SMILES string of the molecule is CC1(C)c2ccccc2-c2cc(N(c3ccc(-c4ccccc4)cc3)c3ccc4ccc5cc6sc7ccccc7c6cc5c4c3)ccc21. The average molecular weight is 644 g/mol. The van der Waals surface area contributed by atoms with Crippen molar-refractivity contribution >= 4 is 70.1 Å². The second kappa shape index (κ2) is 10.7. The van der Waals surface area contributed by atoms with Crippen molar-refractivity contribution in [3.63, 3.8) is 0 Å². The van der Waals surface area contributed by atoms with E-state index in [0.717, 1.165) is 17.1 Å². The lowest BCUT2D eigenvalue weighted by molar-refractivity contribution is 0.660. The first-order valence-electron chi connectivity index (χ1n) is 17.0. The monoisotopic (exact) mass is 643 g/mol. The summed E-state index contributed by atoms with van der Waals surface area (Å²) in [5.41, 5.74) is 11.3. The van der Waals surface area contributed by atoms with Crippen LogP contribution in [0.1, 0.15) is 25.0 Å². The molecule has 1 aromatic heterocycles. The van der Waals surface area contributed by atoms with Crippen molar-refractivity contribution in [3.05, 3.63) is 175 Å². The van der Waals surface area contributed by atoms with Gasteiger partial charge in [-0.3, -0.25) is 0 Å². The van der Waals surface area contributed by atoms with Gasteiger partial charge in [-0.1, -0.05) is 123 Å². The minimum Gasteiger partial charge on any atom is -0.310 e. The van der Waals surface area contributed by atoms with Crippen LogP contribution in [0.2, 0.25) is 0 Å². The van der Waals surface area contributed by atoms with Crippen molar-refractivity contribution in [3.8, 4) is 22.3 Å². The number of hydrogen-bond donors (Lipinski definition) is 0. The maximum atomic E-state index is 2.43. The van der Waals surface area contributed by atoms with Crippen LogP contribution in [0, 0.1) is 0 Å². The fourth-order valence-electron chi connectivity index (χ4n) is 8.13. The van der Waals surface area contributed by atoms with Crippen LogP contribution in [-0.4, -0.2) is 0 Å². The second-order valence-electron chi connectivity index (χ2n) is 13.8. The molecule has 232 valence electrons. The van der Waals surface area contributed by atoms with E-state index < -0.39 is 0 Å². The predicted octanol–water partition coefficient (Wildman–Crippen LogP) is 13.8. The summed E-state index contributed by atoms with van der Waals surface area (Å²) in [6.07, 6.45) is 0. The summed E-state index contributed by atoms with van der Waals surface area (Å²) in [6.45, 7) is 4.69. The van der Waals surface area contributed by atoms with Crippen LogP contribution < -0.4 is 4.90 Å². The number of hydrogen-bond acceptors (Lipinski definition) is 2. The minimum absolute atomic E-state index is 0.0361. The summed E-state index contributed by atoms with van der Waals surface area (Å²) in [5, 5.41) is 7.75. The van der Waals surface area contributed by atoms with E-state index in [2.05, 4.69) is 183 Å². The van der Waals surface area contributed by atoms with Crippen molar-refractivity contribution in [2.24, 2.45) is 0 Å². The third kappa shape index (κ3) is 4.38. The Morgan fingerprint density at radius 1 is 0.408 bits per heavy atom. The zero-order valence-corrected chi connectivity index (χ0v) is 28.3. The van der Waals surface area contributed by atoms with Crippen LogP contribution in [0.3, 0.4) is 0 Å². The first-order valence-corrected chi connectivity index (χ1v) is 17.8. The highest BCUT2D eigenvalue weighted by Gasteiger charge is 2.35. The molecule has 0 N–H and O–H groups in total. The van der Waals surface area contributed by atoms with E-state index in [1.165, 1.54) is 75.1 Å². The van der Waals surface area contributed by atoms with Gasteiger partial charge < -0.3 is 4.90 Å². The van der Waals surface area contributed by atoms with Gasteiger partial charge >= 0.3 is 0 Å². The van der Waals surface area contributed by atoms with Gasteiger partial charge in [-0.05, 0) is 110 Å². The third-order valence-corrected chi connectivity index (χ3v) is 11.8. The van der Waals surface area contributed by atoms with Gasteiger partial charge in [-0.2, -0.15) is 0 Å². The van der Waals surface area contributed by atoms with Gasteiger partial charge in [0.15, 0.2) is 0 Å². The van der Waals surface area contributed by atoms with Crippen LogP contribution in [-0.2, 0) is 5.41 Å². The summed E-state index contributed by atoms with van der Waals surface area (Å²) in [5.74, 6) is 0. The van der Waals surface area contributed by atoms with Gasteiger partial charge in [0, 0.05) is 42.6 Å². The fourth-order valence-corrected chi connectivity index (χ4v) is 9.26. The van der Waals surface area contributed by atoms with Crippen molar-refractivity contribution < 1.29 is 0 Å². The number of anilines is 3. The van der Waals surface area contributed by atoms with Crippen molar-refractivity contribution in [2.45, 2.75) is 19.3 Å². The van der Waals surface area contributed by atoms with Crippen molar-refractivity contribution in [1.82, 2.24) is 0 Å². The van der Waals surface area contributed by atoms with Crippen molar-refractivity contribution in [2.75, 3.05) is 4.90 Å². The van der Waals surface area contributed by atoms with Crippen molar-refractivity contribution in [1.29, 1.82) is 0 Å². The Labute approximate surface area is 290 Å². The quantitative estimate of drug-likeness (QED) is 0.173. The molecule has 49 heavy (non-hydrogen) atoms. The first kappa shape index (κ1) is 28.3. The lowest BCUT2D eigenvalue weighted by atomic mass is 9.82. The minimum atomic E-state index is -0.0361. The molecule has 0 bridgehead atoms. The van der Waals surface area contributed by atoms with E-state index in [0.29, 0.717) is 0 Å². The topological polar surface area (TPSA) is 3.24 Å². The van der Waals surface area contributed by atoms with E-state index in [-0.39, 0.29) is 5.41 Å². The Morgan fingerprint density at radius 2 is 1.04 bits per heavy atom. The van der Waals surface area contributed by atoms with E-state index in [1.807, 2.05) is 11.3 Å². The Hall–Kier alpha value is -5.70. The maximum Gasteiger partial charge on any atom is 0.0468 e. The lowest BCUT2D eigenvalue weighted by Crippen LogP contribution is -2.15. The molecule has 1 aliphatic carbocycles. The zero-order chi connectivity index (χ0) is 32.7. The summed E-state index contributed by atoms with van der Waals surface area (Å²) in [4.78, 5) is 2.43. The van der Waals surface area contributed by atoms with Gasteiger partial charge in [-0.25, -0.2) is 0 Å². The molecule has 8 aromatic carbocycles. The largest absolute Gasteiger partial charge is 0.310 e. The Balaban J connectivity index is 1.19. The van der Waals surface area contributed by atoms with E-state index in [1.54, 1.807) is 0 Å². The number of thiophene rings is 1. The predicted molar refractivity (Wildman–Crippen MR) is 212 cm³/mol. The molecule has 0 aliphatic heterocycles. The molecule has 0 fully saturated rings. The molecule has 0 saturated carbocycles. The normalized spacial score (nSPS) is 13.3. The molecule has 1 aliphatic rings. The second-order valence-corrected chi connectivity index (χ2v) is 14.9. The van der Waals surface area contributed by atoms with Gasteiger partial charge in [0.1, 0.15) is 0 Å². The van der Waals surface area contributed by atoms with Gasteiger partial charge in [0.2, 0.25) is 0 Å². The zero-order valence-electron chi connectivity index (χ0n) is 27.4. The summed E-state index contributed by atoms with van der Waals surface area (Å²) in [6, 6.07) is 60.7. The molecular weight excluding hydrogens is 611 g/mol. The maximum absolute atomic E-state index is 2.43. The molecule has 0 amide bonds. The lowest BCUT2D eigenvalue weighted by Gasteiger charge is -2.28. The van der Waals surface area contributed by atoms with Gasteiger partial charge in [-0.15, -0.1) is 11.3 Å². The molecule has 9 aromatic rings. The number of fused-ring (bicyclic) bond motifs is 9. The summed E-state index contributed by atoms with van der Waals surface area (Å²) >= 11 is 1.88. The average Bonchev–Trinajstić information content (AvgIpc) is 3.62. The molecule has 0 spiro atoms. The first-order chi connectivity index (χ1) is 24.0. The standard InChI is InChI=1S/C47H33NS/c1-47(2)43-14-8-6-12-37(43)41-28-36(24-25-44(41)47)48(34-21-18-31(19-22-34)30-10-4-3-5-11-30)35-23-20-32-16-17-33-26-46-42(29-40(33)39(32)27-35)38-13-7-9-15-45(38)49-46/h3-29H,1-2H3. The Kier molecular flexibility index (Phi) is 6.16. The molecule has 0 saturated heterocycles. The molecule has 1 nitrogen and oxygen atoms in total. The summed E-state index contributed by atoms with van der Waals surface area (Å²) in [7, 11) is 0. The highest BCUT2D eigenvalue weighted by Crippen LogP contribution is 2.51. The fraction of sp³-hybridized carbons (Fsp3) is 0.0638. The molecular formula is C47H33NS. The number of nitrogens with zero attached hydrogens (tertiary/aromatic N) is 1. The molecule has 2 heteroatoms. The third-order valence-electron chi connectivity index (χ3n) is 10.6. The Bertz CT molecular complexity index is 2730. The van der Waals surface area contributed by atoms with Crippen LogP contribution in [0.5, 0.6) is 0 Å². The van der Waals surface area contributed by atoms with E-state index in [4.69, 9.17) is 0 Å². The van der Waals surface area contributed by atoms with Crippen LogP contribution in [0.25, 0.3) is 64.0 Å². The molecule has 1 heterocycles. The molecule has 0 unspecified atom stereocenters. The highest BCUT2D eigenvalue weighted by molar-refractivity contribution is 7.25. The molecule has 0 radical (unpaired) electrons. The smallest absolute Gasteiger partial charge is 0.0468 e. The summed E-state index contributed by atoms with van der Waals surface area (Å²) < 4.78 is 2.68. The van der Waals surface area contributed by atoms with Crippen LogP contribution in [0.4, 0.5) is 17.1 Å². The number of rotatable bonds is 4. The van der Waals surface area contributed by atoms with Crippen LogP contribution >= 0.6 is 11.3 Å².